The monoisotopic (exact) mass is 256 g/mol. The highest BCUT2D eigenvalue weighted by atomic mass is 16.2. The lowest BCUT2D eigenvalue weighted by Gasteiger charge is -2.34. The number of carbonyl (C=O) groups is 2. The maximum Gasteiger partial charge on any atom is 0.239 e. The van der Waals surface area contributed by atoms with Crippen molar-refractivity contribution >= 4 is 11.8 Å². The summed E-state index contributed by atoms with van der Waals surface area (Å²) >= 11 is 0. The second kappa shape index (κ2) is 7.33. The number of hydrogen-bond donors (Lipinski definition) is 3. The molecule has 104 valence electrons. The first-order chi connectivity index (χ1) is 8.52. The molecule has 4 N–H and O–H groups in total. The third-order valence-corrected chi connectivity index (χ3v) is 3.26. The molecule has 1 aliphatic rings. The van der Waals surface area contributed by atoms with Gasteiger partial charge in [-0.3, -0.25) is 9.59 Å². The molecule has 0 atom stereocenters. The standard InChI is InChI=1S/C12H24N4O2/c1-9(2)16-5-3-10(4-6-16)15-12(18)8-14-11(17)7-13/h9-10H,3-8,13H2,1-2H3,(H,14,17)(H,15,18). The van der Waals surface area contributed by atoms with Crippen molar-refractivity contribution < 1.29 is 9.59 Å². The van der Waals surface area contributed by atoms with Gasteiger partial charge in [-0.1, -0.05) is 0 Å². The quantitative estimate of drug-likeness (QED) is 0.592. The number of likely N-dealkylation sites (tertiary alicyclic amines) is 1. The van der Waals surface area contributed by atoms with Gasteiger partial charge in [0.25, 0.3) is 0 Å². The normalized spacial score (nSPS) is 17.8. The Hall–Kier alpha value is -1.14. The summed E-state index contributed by atoms with van der Waals surface area (Å²) in [6.45, 7) is 6.32. The van der Waals surface area contributed by atoms with Gasteiger partial charge in [0, 0.05) is 25.2 Å². The van der Waals surface area contributed by atoms with Crippen LogP contribution in [0.25, 0.3) is 0 Å². The zero-order chi connectivity index (χ0) is 13.5. The highest BCUT2D eigenvalue weighted by molar-refractivity contribution is 5.85. The van der Waals surface area contributed by atoms with Crippen molar-refractivity contribution in [3.8, 4) is 0 Å². The van der Waals surface area contributed by atoms with Crippen LogP contribution in [0.3, 0.4) is 0 Å². The van der Waals surface area contributed by atoms with Crippen LogP contribution in [0.4, 0.5) is 0 Å². The molecule has 0 aliphatic carbocycles. The van der Waals surface area contributed by atoms with Gasteiger partial charge in [0.1, 0.15) is 0 Å². The fourth-order valence-corrected chi connectivity index (χ4v) is 2.09. The summed E-state index contributed by atoms with van der Waals surface area (Å²) in [6, 6.07) is 0.785. The Morgan fingerprint density at radius 2 is 1.89 bits per heavy atom. The maximum absolute atomic E-state index is 11.6. The number of carbonyl (C=O) groups excluding carboxylic acids is 2. The number of nitrogens with two attached hydrogens (primary N) is 1. The smallest absolute Gasteiger partial charge is 0.239 e. The van der Waals surface area contributed by atoms with Crippen molar-refractivity contribution in [2.45, 2.75) is 38.8 Å². The first-order valence-electron chi connectivity index (χ1n) is 6.53. The van der Waals surface area contributed by atoms with Gasteiger partial charge in [-0.05, 0) is 26.7 Å². The van der Waals surface area contributed by atoms with Crippen LogP contribution in [0.5, 0.6) is 0 Å². The molecule has 1 fully saturated rings. The molecule has 1 saturated heterocycles. The Kier molecular flexibility index (Phi) is 6.07. The molecule has 0 saturated carbocycles. The van der Waals surface area contributed by atoms with Crippen LogP contribution in [0, 0.1) is 0 Å². The summed E-state index contributed by atoms with van der Waals surface area (Å²) < 4.78 is 0. The molecule has 0 radical (unpaired) electrons. The van der Waals surface area contributed by atoms with E-state index in [2.05, 4.69) is 29.4 Å². The fourth-order valence-electron chi connectivity index (χ4n) is 2.09. The first kappa shape index (κ1) is 14.9. The van der Waals surface area contributed by atoms with Crippen molar-refractivity contribution in [2.24, 2.45) is 5.73 Å². The molecule has 0 unspecified atom stereocenters. The van der Waals surface area contributed by atoms with Crippen LogP contribution < -0.4 is 16.4 Å². The number of nitrogens with one attached hydrogen (secondary N) is 2. The zero-order valence-electron chi connectivity index (χ0n) is 11.2. The molecule has 1 heterocycles. The maximum atomic E-state index is 11.6. The van der Waals surface area contributed by atoms with Crippen molar-refractivity contribution in [1.82, 2.24) is 15.5 Å². The van der Waals surface area contributed by atoms with Crippen molar-refractivity contribution in [1.29, 1.82) is 0 Å². The first-order valence-corrected chi connectivity index (χ1v) is 6.53. The van der Waals surface area contributed by atoms with E-state index in [0.717, 1.165) is 25.9 Å². The molecule has 0 aromatic carbocycles. The summed E-state index contributed by atoms with van der Waals surface area (Å²) in [5.41, 5.74) is 5.14. The second-order valence-electron chi connectivity index (χ2n) is 4.95. The Labute approximate surface area is 108 Å². The molecule has 0 spiro atoms. The highest BCUT2D eigenvalue weighted by Crippen LogP contribution is 2.12. The predicted octanol–water partition coefficient (Wildman–Crippen LogP) is -0.950. The molecule has 0 aromatic rings. The van der Waals surface area contributed by atoms with E-state index in [1.165, 1.54) is 0 Å². The van der Waals surface area contributed by atoms with Crippen LogP contribution in [0.1, 0.15) is 26.7 Å². The molecule has 2 amide bonds. The minimum atomic E-state index is -0.306. The molecule has 1 rings (SSSR count). The van der Waals surface area contributed by atoms with Crippen LogP contribution in [0.2, 0.25) is 0 Å². The topological polar surface area (TPSA) is 87.5 Å². The summed E-state index contributed by atoms with van der Waals surface area (Å²) in [7, 11) is 0. The average molecular weight is 256 g/mol. The molecule has 6 nitrogen and oxygen atoms in total. The molecule has 18 heavy (non-hydrogen) atoms. The Morgan fingerprint density at radius 3 is 2.39 bits per heavy atom. The SMILES string of the molecule is CC(C)N1CCC(NC(=O)CNC(=O)CN)CC1. The van der Waals surface area contributed by atoms with Crippen LogP contribution >= 0.6 is 0 Å². The van der Waals surface area contributed by atoms with E-state index in [-0.39, 0.29) is 30.9 Å². The van der Waals surface area contributed by atoms with Gasteiger partial charge in [-0.25, -0.2) is 0 Å². The van der Waals surface area contributed by atoms with Gasteiger partial charge in [-0.2, -0.15) is 0 Å². The highest BCUT2D eigenvalue weighted by Gasteiger charge is 2.21. The van der Waals surface area contributed by atoms with Crippen molar-refractivity contribution in [3.63, 3.8) is 0 Å². The molecule has 1 aliphatic heterocycles. The number of hydrogen-bond acceptors (Lipinski definition) is 4. The minimum absolute atomic E-state index is 0.0143. The van der Waals surface area contributed by atoms with E-state index >= 15 is 0 Å². The molecular formula is C12H24N4O2. The van der Waals surface area contributed by atoms with Gasteiger partial charge < -0.3 is 21.3 Å². The fraction of sp³-hybridized carbons (Fsp3) is 0.833. The van der Waals surface area contributed by atoms with Crippen LogP contribution in [-0.2, 0) is 9.59 Å². The van der Waals surface area contributed by atoms with E-state index in [1.807, 2.05) is 0 Å². The van der Waals surface area contributed by atoms with Crippen LogP contribution in [-0.4, -0.2) is 55.0 Å². The van der Waals surface area contributed by atoms with E-state index in [0.29, 0.717) is 6.04 Å². The van der Waals surface area contributed by atoms with Crippen LogP contribution in [0.15, 0.2) is 0 Å². The van der Waals surface area contributed by atoms with Crippen molar-refractivity contribution in [3.05, 3.63) is 0 Å². The summed E-state index contributed by atoms with van der Waals surface area (Å²) in [5, 5.41) is 5.40. The number of rotatable bonds is 5. The van der Waals surface area contributed by atoms with E-state index < -0.39 is 0 Å². The van der Waals surface area contributed by atoms with Gasteiger partial charge in [0.15, 0.2) is 0 Å². The number of piperidine rings is 1. The van der Waals surface area contributed by atoms with Gasteiger partial charge in [-0.15, -0.1) is 0 Å². The minimum Gasteiger partial charge on any atom is -0.352 e. The largest absolute Gasteiger partial charge is 0.352 e. The lowest BCUT2D eigenvalue weighted by molar-refractivity contribution is -0.125. The Balaban J connectivity index is 2.20. The van der Waals surface area contributed by atoms with Crippen molar-refractivity contribution in [2.75, 3.05) is 26.2 Å². The van der Waals surface area contributed by atoms with Gasteiger partial charge in [0.05, 0.1) is 13.1 Å². The van der Waals surface area contributed by atoms with E-state index in [4.69, 9.17) is 5.73 Å². The number of amides is 2. The Morgan fingerprint density at radius 1 is 1.28 bits per heavy atom. The summed E-state index contributed by atoms with van der Waals surface area (Å²) in [4.78, 5) is 24.9. The molecule has 0 bridgehead atoms. The van der Waals surface area contributed by atoms with Gasteiger partial charge in [0.2, 0.25) is 11.8 Å². The van der Waals surface area contributed by atoms with Gasteiger partial charge >= 0.3 is 0 Å². The predicted molar refractivity (Wildman–Crippen MR) is 69.9 cm³/mol. The zero-order valence-corrected chi connectivity index (χ0v) is 11.2. The Bertz CT molecular complexity index is 286. The van der Waals surface area contributed by atoms with E-state index in [1.54, 1.807) is 0 Å². The molecule has 6 heteroatoms. The summed E-state index contributed by atoms with van der Waals surface area (Å²) in [5.74, 6) is -0.445. The second-order valence-corrected chi connectivity index (χ2v) is 4.95. The molecule has 0 aromatic heterocycles. The lowest BCUT2D eigenvalue weighted by atomic mass is 10.0. The number of nitrogens with zero attached hydrogens (tertiary/aromatic N) is 1. The third kappa shape index (κ3) is 5.01. The average Bonchev–Trinajstić information content (AvgIpc) is 2.36. The molecular weight excluding hydrogens is 232 g/mol. The lowest BCUT2D eigenvalue weighted by Crippen LogP contribution is -2.49. The third-order valence-electron chi connectivity index (χ3n) is 3.26. The summed E-state index contributed by atoms with van der Waals surface area (Å²) in [6.07, 6.45) is 1.93. The van der Waals surface area contributed by atoms with E-state index in [9.17, 15) is 9.59 Å².